The van der Waals surface area contributed by atoms with E-state index in [-0.39, 0.29) is 17.8 Å². The van der Waals surface area contributed by atoms with Gasteiger partial charge in [-0.1, -0.05) is 30.3 Å². The zero-order valence-electron chi connectivity index (χ0n) is 18.9. The van der Waals surface area contributed by atoms with E-state index < -0.39 is 0 Å². The Morgan fingerprint density at radius 1 is 1.18 bits per heavy atom. The highest BCUT2D eigenvalue weighted by molar-refractivity contribution is 5.99. The topological polar surface area (TPSA) is 62.5 Å². The summed E-state index contributed by atoms with van der Waals surface area (Å²) in [5.74, 6) is 0.426. The maximum Gasteiger partial charge on any atom is 0.290 e. The Kier molecular flexibility index (Phi) is 5.32. The number of rotatable bonds is 4. The number of hydrogen-bond acceptors (Lipinski definition) is 5. The van der Waals surface area contributed by atoms with E-state index >= 15 is 0 Å². The number of anilines is 1. The van der Waals surface area contributed by atoms with Gasteiger partial charge in [-0.05, 0) is 43.5 Å². The van der Waals surface area contributed by atoms with Gasteiger partial charge in [-0.3, -0.25) is 4.79 Å². The Balaban J connectivity index is 1.59. The molecule has 0 N–H and O–H groups in total. The minimum absolute atomic E-state index is 0.151. The van der Waals surface area contributed by atoms with Gasteiger partial charge < -0.3 is 14.2 Å². The van der Waals surface area contributed by atoms with Crippen LogP contribution in [0.15, 0.2) is 59.1 Å². The molecule has 1 aliphatic heterocycles. The molecule has 1 amide bonds. The molecule has 33 heavy (non-hydrogen) atoms. The number of hydrogen-bond donors (Lipinski definition) is 0. The lowest BCUT2D eigenvalue weighted by atomic mass is 9.99. The number of para-hydroxylation sites is 1. The third-order valence-corrected chi connectivity index (χ3v) is 6.21. The van der Waals surface area contributed by atoms with E-state index in [4.69, 9.17) is 9.40 Å². The first-order chi connectivity index (χ1) is 15.9. The summed E-state index contributed by atoms with van der Waals surface area (Å²) in [5, 5.41) is 0.939. The smallest absolute Gasteiger partial charge is 0.290 e. The predicted octanol–water partition coefficient (Wildman–Crippen LogP) is 5.38. The van der Waals surface area contributed by atoms with Gasteiger partial charge in [0.2, 0.25) is 5.95 Å². The van der Waals surface area contributed by atoms with Crippen molar-refractivity contribution in [1.82, 2.24) is 14.9 Å². The van der Waals surface area contributed by atoms with Crippen molar-refractivity contribution in [1.29, 1.82) is 0 Å². The number of benzene rings is 2. The average Bonchev–Trinajstić information content (AvgIpc) is 3.43. The van der Waals surface area contributed by atoms with Crippen LogP contribution in [0.4, 0.5) is 10.3 Å². The number of nitrogens with zero attached hydrogens (tertiary/aromatic N) is 4. The Morgan fingerprint density at radius 3 is 2.76 bits per heavy atom. The molecule has 6 nitrogen and oxygen atoms in total. The number of halogens is 1. The lowest BCUT2D eigenvalue weighted by Gasteiger charge is -2.26. The number of fused-ring (bicyclic) bond motifs is 1. The minimum Gasteiger partial charge on any atom is -0.451 e. The van der Waals surface area contributed by atoms with Crippen LogP contribution in [0.1, 0.15) is 40.7 Å². The Morgan fingerprint density at radius 2 is 2.00 bits per heavy atom. The zero-order chi connectivity index (χ0) is 23.1. The van der Waals surface area contributed by atoms with Gasteiger partial charge in [-0.15, -0.1) is 0 Å². The molecule has 0 saturated carbocycles. The molecule has 0 unspecified atom stereocenters. The quantitative estimate of drug-likeness (QED) is 0.423. The molecule has 2 aromatic carbocycles. The van der Waals surface area contributed by atoms with Crippen LogP contribution in [0.25, 0.3) is 22.1 Å². The average molecular weight is 445 g/mol. The standard InChI is InChI=1S/C26H25FN4O2/c1-16-19-10-4-5-12-22(19)33-24(16)25(32)31-13-7-11-21(31)23-20(15-28-26(29-23)30(2)3)17-8-6-9-18(27)14-17/h4-6,8-10,12,14-15,21H,7,11,13H2,1-3H3/t21-/m0/s1. The van der Waals surface area contributed by atoms with Crippen LogP contribution in [0.2, 0.25) is 0 Å². The van der Waals surface area contributed by atoms with E-state index in [1.54, 1.807) is 12.3 Å². The summed E-state index contributed by atoms with van der Waals surface area (Å²) >= 11 is 0. The lowest BCUT2D eigenvalue weighted by molar-refractivity contribution is 0.0702. The molecule has 7 heteroatoms. The predicted molar refractivity (Wildman–Crippen MR) is 126 cm³/mol. The van der Waals surface area contributed by atoms with Crippen molar-refractivity contribution < 1.29 is 13.6 Å². The van der Waals surface area contributed by atoms with Crippen molar-refractivity contribution in [3.05, 3.63) is 77.6 Å². The van der Waals surface area contributed by atoms with Crippen molar-refractivity contribution in [3.8, 4) is 11.1 Å². The molecule has 1 aliphatic rings. The van der Waals surface area contributed by atoms with Gasteiger partial charge in [0.15, 0.2) is 5.76 Å². The zero-order valence-corrected chi connectivity index (χ0v) is 18.9. The van der Waals surface area contributed by atoms with Crippen molar-refractivity contribution in [2.75, 3.05) is 25.5 Å². The second-order valence-electron chi connectivity index (χ2n) is 8.58. The highest BCUT2D eigenvalue weighted by Crippen LogP contribution is 2.39. The highest BCUT2D eigenvalue weighted by atomic mass is 19.1. The van der Waals surface area contributed by atoms with Crippen molar-refractivity contribution in [2.45, 2.75) is 25.8 Å². The first-order valence-electron chi connectivity index (χ1n) is 11.0. The molecule has 1 fully saturated rings. The molecule has 0 aliphatic carbocycles. The molecule has 168 valence electrons. The Bertz CT molecular complexity index is 1350. The summed E-state index contributed by atoms with van der Waals surface area (Å²) in [7, 11) is 3.74. The van der Waals surface area contributed by atoms with E-state index in [9.17, 15) is 9.18 Å². The molecule has 2 aromatic heterocycles. The van der Waals surface area contributed by atoms with Crippen LogP contribution in [0.3, 0.4) is 0 Å². The second kappa shape index (κ2) is 8.31. The summed E-state index contributed by atoms with van der Waals surface area (Å²) in [5.41, 5.74) is 3.68. The van der Waals surface area contributed by atoms with E-state index in [1.165, 1.54) is 12.1 Å². The van der Waals surface area contributed by atoms with Crippen molar-refractivity contribution >= 4 is 22.8 Å². The van der Waals surface area contributed by atoms with Crippen LogP contribution in [-0.2, 0) is 0 Å². The van der Waals surface area contributed by atoms with Gasteiger partial charge in [-0.25, -0.2) is 14.4 Å². The van der Waals surface area contributed by atoms with Gasteiger partial charge in [0.25, 0.3) is 5.91 Å². The second-order valence-corrected chi connectivity index (χ2v) is 8.58. The summed E-state index contributed by atoms with van der Waals surface area (Å²) in [6.45, 7) is 2.51. The Hall–Kier alpha value is -3.74. The van der Waals surface area contributed by atoms with Gasteiger partial charge in [0.1, 0.15) is 11.4 Å². The normalized spacial score (nSPS) is 15.9. The number of likely N-dealkylation sites (tertiary alicyclic amines) is 1. The van der Waals surface area contributed by atoms with Gasteiger partial charge >= 0.3 is 0 Å². The molecule has 0 radical (unpaired) electrons. The van der Waals surface area contributed by atoms with Crippen LogP contribution in [-0.4, -0.2) is 41.4 Å². The first-order valence-corrected chi connectivity index (χ1v) is 11.0. The lowest BCUT2D eigenvalue weighted by Crippen LogP contribution is -2.32. The van der Waals surface area contributed by atoms with Crippen LogP contribution >= 0.6 is 0 Å². The van der Waals surface area contributed by atoms with E-state index in [0.717, 1.165) is 35.0 Å². The summed E-state index contributed by atoms with van der Waals surface area (Å²) < 4.78 is 20.0. The number of aromatic nitrogens is 2. The monoisotopic (exact) mass is 444 g/mol. The first kappa shape index (κ1) is 21.1. The molecule has 1 saturated heterocycles. The molecule has 0 bridgehead atoms. The van der Waals surface area contributed by atoms with Crippen molar-refractivity contribution in [3.63, 3.8) is 0 Å². The van der Waals surface area contributed by atoms with Crippen LogP contribution in [0, 0.1) is 12.7 Å². The highest BCUT2D eigenvalue weighted by Gasteiger charge is 2.36. The summed E-state index contributed by atoms with van der Waals surface area (Å²) in [6, 6.07) is 13.8. The van der Waals surface area contributed by atoms with E-state index in [2.05, 4.69) is 4.98 Å². The minimum atomic E-state index is -0.326. The molecular weight excluding hydrogens is 419 g/mol. The van der Waals surface area contributed by atoms with Gasteiger partial charge in [0.05, 0.1) is 11.7 Å². The maximum absolute atomic E-state index is 14.0. The number of carbonyl (C=O) groups excluding carboxylic acids is 1. The van der Waals surface area contributed by atoms with Crippen LogP contribution in [0.5, 0.6) is 0 Å². The third kappa shape index (κ3) is 3.73. The summed E-state index contributed by atoms with van der Waals surface area (Å²) in [6.07, 6.45) is 3.33. The van der Waals surface area contributed by atoms with Crippen molar-refractivity contribution in [2.24, 2.45) is 0 Å². The fourth-order valence-corrected chi connectivity index (χ4v) is 4.54. The molecule has 1 atom stereocenters. The van der Waals surface area contributed by atoms with Gasteiger partial charge in [-0.2, -0.15) is 0 Å². The maximum atomic E-state index is 14.0. The Labute approximate surface area is 191 Å². The van der Waals surface area contributed by atoms with Crippen LogP contribution < -0.4 is 4.90 Å². The number of amides is 1. The molecule has 3 heterocycles. The molecule has 4 aromatic rings. The molecular formula is C26H25FN4O2. The molecule has 5 rings (SSSR count). The number of carbonyl (C=O) groups is 1. The SMILES string of the molecule is Cc1c(C(=O)N2CCC[C@H]2c2nc(N(C)C)ncc2-c2cccc(F)c2)oc2ccccc12. The third-order valence-electron chi connectivity index (χ3n) is 6.21. The largest absolute Gasteiger partial charge is 0.451 e. The number of aryl methyl sites for hydroxylation is 1. The number of furan rings is 1. The van der Waals surface area contributed by atoms with E-state index in [1.807, 2.05) is 61.2 Å². The van der Waals surface area contributed by atoms with Gasteiger partial charge in [0, 0.05) is 43.4 Å². The fraction of sp³-hybridized carbons (Fsp3) is 0.269. The fourth-order valence-electron chi connectivity index (χ4n) is 4.54. The summed E-state index contributed by atoms with van der Waals surface area (Å²) in [4.78, 5) is 26.6. The van der Waals surface area contributed by atoms with E-state index in [0.29, 0.717) is 29.4 Å². The molecule has 0 spiro atoms.